The van der Waals surface area contributed by atoms with Crippen LogP contribution in [0.25, 0.3) is 0 Å². The van der Waals surface area contributed by atoms with Crippen LogP contribution in [-0.4, -0.2) is 23.6 Å². The van der Waals surface area contributed by atoms with Crippen molar-refractivity contribution < 1.29 is 19.1 Å². The van der Waals surface area contributed by atoms with E-state index < -0.39 is 0 Å². The van der Waals surface area contributed by atoms with Gasteiger partial charge in [-0.05, 0) is 31.5 Å². The van der Waals surface area contributed by atoms with Crippen LogP contribution in [0.3, 0.4) is 0 Å². The minimum absolute atomic E-state index is 0.0885. The van der Waals surface area contributed by atoms with E-state index in [1.54, 1.807) is 25.1 Å². The average molecular weight is 423 g/mol. The van der Waals surface area contributed by atoms with Crippen molar-refractivity contribution in [2.75, 3.05) is 12.1 Å². The van der Waals surface area contributed by atoms with E-state index in [2.05, 4.69) is 15.6 Å². The second-order valence-electron chi connectivity index (χ2n) is 6.98. The van der Waals surface area contributed by atoms with Crippen LogP contribution in [0.1, 0.15) is 31.5 Å². The Morgan fingerprint density at radius 3 is 2.63 bits per heavy atom. The highest BCUT2D eigenvalue weighted by molar-refractivity contribution is 7.13. The van der Waals surface area contributed by atoms with E-state index in [-0.39, 0.29) is 25.0 Å². The fraction of sp³-hybridized carbons (Fsp3) is 0.227. The maximum atomic E-state index is 12.5. The lowest BCUT2D eigenvalue weighted by atomic mass is 10.1. The summed E-state index contributed by atoms with van der Waals surface area (Å²) in [5, 5.41) is 6.32. The SMILES string of the molecule is Cc1ccc(CNC(=O)c2sc(CC(=O)Nc3ccc4c(c3)OCO4)nc2C)cc1. The number of hydrogen-bond acceptors (Lipinski definition) is 6. The molecule has 0 spiro atoms. The number of aromatic nitrogens is 1. The van der Waals surface area contributed by atoms with Gasteiger partial charge in [0.2, 0.25) is 12.7 Å². The van der Waals surface area contributed by atoms with Gasteiger partial charge in [-0.2, -0.15) is 0 Å². The van der Waals surface area contributed by atoms with E-state index >= 15 is 0 Å². The van der Waals surface area contributed by atoms with Gasteiger partial charge in [-0.15, -0.1) is 11.3 Å². The summed E-state index contributed by atoms with van der Waals surface area (Å²) in [5.41, 5.74) is 3.44. The molecule has 0 atom stereocenters. The molecule has 4 rings (SSSR count). The number of benzene rings is 2. The van der Waals surface area contributed by atoms with E-state index in [1.165, 1.54) is 16.9 Å². The quantitative estimate of drug-likeness (QED) is 0.632. The summed E-state index contributed by atoms with van der Waals surface area (Å²) >= 11 is 1.24. The van der Waals surface area contributed by atoms with E-state index in [4.69, 9.17) is 9.47 Å². The molecular weight excluding hydrogens is 402 g/mol. The van der Waals surface area contributed by atoms with Crippen LogP contribution in [0.2, 0.25) is 0 Å². The second kappa shape index (κ2) is 8.54. The Bertz CT molecular complexity index is 1090. The molecule has 0 saturated heterocycles. The number of nitrogens with zero attached hydrogens (tertiary/aromatic N) is 1. The molecule has 8 heteroatoms. The van der Waals surface area contributed by atoms with Gasteiger partial charge in [0.05, 0.1) is 12.1 Å². The van der Waals surface area contributed by atoms with Crippen molar-refractivity contribution in [1.82, 2.24) is 10.3 Å². The predicted molar refractivity (Wildman–Crippen MR) is 114 cm³/mol. The highest BCUT2D eigenvalue weighted by Crippen LogP contribution is 2.34. The Morgan fingerprint density at radius 2 is 1.83 bits per heavy atom. The number of anilines is 1. The molecule has 30 heavy (non-hydrogen) atoms. The molecular formula is C22H21N3O4S. The van der Waals surface area contributed by atoms with Crippen LogP contribution in [0.15, 0.2) is 42.5 Å². The number of nitrogens with one attached hydrogen (secondary N) is 2. The minimum atomic E-state index is -0.214. The predicted octanol–water partition coefficient (Wildman–Crippen LogP) is 3.60. The summed E-state index contributed by atoms with van der Waals surface area (Å²) in [6.45, 7) is 4.42. The van der Waals surface area contributed by atoms with Gasteiger partial charge in [0.1, 0.15) is 9.88 Å². The topological polar surface area (TPSA) is 89.6 Å². The lowest BCUT2D eigenvalue weighted by Crippen LogP contribution is -2.22. The summed E-state index contributed by atoms with van der Waals surface area (Å²) in [5.74, 6) is 0.859. The standard InChI is InChI=1S/C22H21N3O4S/c1-13-3-5-15(6-4-13)11-23-22(27)21-14(2)24-20(30-21)10-19(26)25-16-7-8-17-18(9-16)29-12-28-17/h3-9H,10-12H2,1-2H3,(H,23,27)(H,25,26). The van der Waals surface area contributed by atoms with E-state index in [0.29, 0.717) is 39.3 Å². The average Bonchev–Trinajstić information content (AvgIpc) is 3.33. The van der Waals surface area contributed by atoms with E-state index in [9.17, 15) is 9.59 Å². The maximum absolute atomic E-state index is 12.5. The number of carbonyl (C=O) groups excluding carboxylic acids is 2. The molecule has 1 aromatic heterocycles. The van der Waals surface area contributed by atoms with Crippen molar-refractivity contribution in [2.24, 2.45) is 0 Å². The van der Waals surface area contributed by atoms with Crippen molar-refractivity contribution in [2.45, 2.75) is 26.8 Å². The third-order valence-corrected chi connectivity index (χ3v) is 5.75. The molecule has 1 aliphatic rings. The molecule has 2 N–H and O–H groups in total. The van der Waals surface area contributed by atoms with Crippen LogP contribution >= 0.6 is 11.3 Å². The summed E-state index contributed by atoms with van der Waals surface area (Å²) in [4.78, 5) is 29.8. The zero-order valence-corrected chi connectivity index (χ0v) is 17.5. The molecule has 7 nitrogen and oxygen atoms in total. The van der Waals surface area contributed by atoms with Crippen LogP contribution in [0, 0.1) is 13.8 Å². The Balaban J connectivity index is 1.35. The van der Waals surface area contributed by atoms with Gasteiger partial charge in [0, 0.05) is 18.3 Å². The number of fused-ring (bicyclic) bond motifs is 1. The van der Waals surface area contributed by atoms with Crippen molar-refractivity contribution in [3.05, 3.63) is 69.2 Å². The molecule has 0 radical (unpaired) electrons. The Morgan fingerprint density at radius 1 is 1.07 bits per heavy atom. The third kappa shape index (κ3) is 4.60. The molecule has 154 valence electrons. The minimum Gasteiger partial charge on any atom is -0.454 e. The Kier molecular flexibility index (Phi) is 5.67. The highest BCUT2D eigenvalue weighted by atomic mass is 32.1. The molecule has 0 fully saturated rings. The zero-order valence-electron chi connectivity index (χ0n) is 16.7. The molecule has 2 aromatic carbocycles. The van der Waals surface area contributed by atoms with Crippen molar-refractivity contribution in [3.8, 4) is 11.5 Å². The van der Waals surface area contributed by atoms with Gasteiger partial charge in [0.25, 0.3) is 5.91 Å². The van der Waals surface area contributed by atoms with Crippen LogP contribution in [0.5, 0.6) is 11.5 Å². The van der Waals surface area contributed by atoms with E-state index in [0.717, 1.165) is 5.56 Å². The zero-order chi connectivity index (χ0) is 21.1. The molecule has 0 saturated carbocycles. The normalized spacial score (nSPS) is 11.9. The lowest BCUT2D eigenvalue weighted by Gasteiger charge is -2.05. The Hall–Kier alpha value is -3.39. The molecule has 2 amide bonds. The van der Waals surface area contributed by atoms with Crippen molar-refractivity contribution in [3.63, 3.8) is 0 Å². The number of rotatable bonds is 6. The smallest absolute Gasteiger partial charge is 0.263 e. The highest BCUT2D eigenvalue weighted by Gasteiger charge is 2.18. The third-order valence-electron chi connectivity index (χ3n) is 4.59. The summed E-state index contributed by atoms with van der Waals surface area (Å²) < 4.78 is 10.6. The molecule has 3 aromatic rings. The summed E-state index contributed by atoms with van der Waals surface area (Å²) in [6.07, 6.45) is 0.0885. The molecule has 2 heterocycles. The van der Waals surface area contributed by atoms with Gasteiger partial charge < -0.3 is 20.1 Å². The summed E-state index contributed by atoms with van der Waals surface area (Å²) in [6, 6.07) is 13.2. The number of aryl methyl sites for hydroxylation is 2. The van der Waals surface area contributed by atoms with Gasteiger partial charge in [0.15, 0.2) is 11.5 Å². The monoisotopic (exact) mass is 423 g/mol. The summed E-state index contributed by atoms with van der Waals surface area (Å²) in [7, 11) is 0. The fourth-order valence-corrected chi connectivity index (χ4v) is 4.00. The van der Waals surface area contributed by atoms with Crippen LogP contribution in [0.4, 0.5) is 5.69 Å². The number of carbonyl (C=O) groups is 2. The molecule has 0 bridgehead atoms. The first-order valence-corrected chi connectivity index (χ1v) is 10.3. The first kappa shape index (κ1) is 19.9. The molecule has 0 unspecified atom stereocenters. The number of hydrogen-bond donors (Lipinski definition) is 2. The van der Waals surface area contributed by atoms with Crippen molar-refractivity contribution >= 4 is 28.8 Å². The number of ether oxygens (including phenoxy) is 2. The van der Waals surface area contributed by atoms with Crippen LogP contribution in [-0.2, 0) is 17.8 Å². The molecule has 0 aliphatic carbocycles. The van der Waals surface area contributed by atoms with Gasteiger partial charge >= 0.3 is 0 Å². The number of thiazole rings is 1. The van der Waals surface area contributed by atoms with Gasteiger partial charge in [-0.3, -0.25) is 9.59 Å². The Labute approximate surface area is 178 Å². The van der Waals surface area contributed by atoms with E-state index in [1.807, 2.05) is 31.2 Å². The molecule has 1 aliphatic heterocycles. The first-order chi connectivity index (χ1) is 14.5. The number of amides is 2. The first-order valence-electron chi connectivity index (χ1n) is 9.47. The lowest BCUT2D eigenvalue weighted by molar-refractivity contribution is -0.115. The largest absolute Gasteiger partial charge is 0.454 e. The van der Waals surface area contributed by atoms with Gasteiger partial charge in [-0.25, -0.2) is 4.98 Å². The second-order valence-corrected chi connectivity index (χ2v) is 8.07. The van der Waals surface area contributed by atoms with Crippen LogP contribution < -0.4 is 20.1 Å². The fourth-order valence-electron chi connectivity index (χ4n) is 3.02. The maximum Gasteiger partial charge on any atom is 0.263 e. The van der Waals surface area contributed by atoms with Crippen molar-refractivity contribution in [1.29, 1.82) is 0 Å². The van der Waals surface area contributed by atoms with Gasteiger partial charge in [-0.1, -0.05) is 29.8 Å².